The maximum Gasteiger partial charge on any atom is 0.131 e. The molecule has 6 heteroatoms. The molecule has 0 radical (unpaired) electrons. The lowest BCUT2D eigenvalue weighted by Gasteiger charge is -2.04. The Morgan fingerprint density at radius 1 is 1.25 bits per heavy atom. The molecule has 2 aromatic rings. The number of aromatic nitrogens is 1. The van der Waals surface area contributed by atoms with Gasteiger partial charge < -0.3 is 10.1 Å². The molecule has 1 fully saturated rings. The molecule has 0 atom stereocenters. The summed E-state index contributed by atoms with van der Waals surface area (Å²) in [7, 11) is 0. The van der Waals surface area contributed by atoms with E-state index < -0.39 is 11.6 Å². The molecule has 1 aliphatic rings. The molecule has 0 amide bonds. The topological polar surface area (TPSA) is 34.1 Å². The minimum atomic E-state index is -0.646. The average Bonchev–Trinajstić information content (AvgIpc) is 3.12. The van der Waals surface area contributed by atoms with E-state index in [2.05, 4.69) is 10.3 Å². The maximum absolute atomic E-state index is 13.0. The highest BCUT2D eigenvalue weighted by molar-refractivity contribution is 7.09. The van der Waals surface area contributed by atoms with Crippen molar-refractivity contribution in [2.75, 3.05) is 0 Å². The minimum Gasteiger partial charge on any atom is -0.487 e. The normalized spacial score (nSPS) is 14.5. The van der Waals surface area contributed by atoms with Crippen LogP contribution in [0.1, 0.15) is 23.5 Å². The lowest BCUT2D eigenvalue weighted by atomic mass is 10.3. The van der Waals surface area contributed by atoms with Crippen LogP contribution >= 0.6 is 11.3 Å². The van der Waals surface area contributed by atoms with Gasteiger partial charge in [0.25, 0.3) is 0 Å². The molecule has 1 aliphatic carbocycles. The Morgan fingerprint density at radius 2 is 2.00 bits per heavy atom. The number of benzene rings is 1. The van der Waals surface area contributed by atoms with Crippen molar-refractivity contribution in [2.24, 2.45) is 0 Å². The predicted molar refractivity (Wildman–Crippen MR) is 72.7 cm³/mol. The lowest BCUT2D eigenvalue weighted by Crippen LogP contribution is -2.15. The van der Waals surface area contributed by atoms with E-state index in [9.17, 15) is 8.78 Å². The van der Waals surface area contributed by atoms with Crippen LogP contribution in [-0.4, -0.2) is 11.0 Å². The SMILES string of the molecule is Fc1cc(F)cc(OCc2csc(CNC3CC3)n2)c1. The van der Waals surface area contributed by atoms with Crippen LogP contribution in [0, 0.1) is 11.6 Å². The van der Waals surface area contributed by atoms with Gasteiger partial charge >= 0.3 is 0 Å². The Labute approximate surface area is 119 Å². The third-order valence-electron chi connectivity index (χ3n) is 2.94. The summed E-state index contributed by atoms with van der Waals surface area (Å²) < 4.78 is 31.3. The predicted octanol–water partition coefficient (Wildman–Crippen LogP) is 3.25. The Kier molecular flexibility index (Phi) is 3.93. The molecule has 3 rings (SSSR count). The summed E-state index contributed by atoms with van der Waals surface area (Å²) in [5.74, 6) is -1.12. The Morgan fingerprint density at radius 3 is 2.70 bits per heavy atom. The summed E-state index contributed by atoms with van der Waals surface area (Å²) >= 11 is 1.56. The van der Waals surface area contributed by atoms with Crippen molar-refractivity contribution in [1.29, 1.82) is 0 Å². The van der Waals surface area contributed by atoms with Gasteiger partial charge in [-0.25, -0.2) is 13.8 Å². The summed E-state index contributed by atoms with van der Waals surface area (Å²) in [4.78, 5) is 4.41. The molecule has 0 unspecified atom stereocenters. The van der Waals surface area contributed by atoms with Crippen LogP contribution in [0.2, 0.25) is 0 Å². The van der Waals surface area contributed by atoms with E-state index in [1.165, 1.54) is 12.8 Å². The second-order valence-electron chi connectivity index (χ2n) is 4.78. The second-order valence-corrected chi connectivity index (χ2v) is 5.72. The zero-order valence-corrected chi connectivity index (χ0v) is 11.6. The molecule has 1 saturated carbocycles. The third kappa shape index (κ3) is 3.74. The fourth-order valence-corrected chi connectivity index (χ4v) is 2.51. The Balaban J connectivity index is 1.54. The van der Waals surface area contributed by atoms with E-state index in [-0.39, 0.29) is 12.4 Å². The first-order valence-corrected chi connectivity index (χ1v) is 7.32. The van der Waals surface area contributed by atoms with Crippen molar-refractivity contribution >= 4 is 11.3 Å². The Bertz CT molecular complexity index is 578. The zero-order chi connectivity index (χ0) is 13.9. The van der Waals surface area contributed by atoms with Gasteiger partial charge in [0.2, 0.25) is 0 Å². The summed E-state index contributed by atoms with van der Waals surface area (Å²) in [6.07, 6.45) is 2.49. The van der Waals surface area contributed by atoms with Crippen LogP contribution in [0.25, 0.3) is 0 Å². The van der Waals surface area contributed by atoms with Crippen LogP contribution in [0.3, 0.4) is 0 Å². The van der Waals surface area contributed by atoms with Crippen LogP contribution in [0.15, 0.2) is 23.6 Å². The number of nitrogens with one attached hydrogen (secondary N) is 1. The monoisotopic (exact) mass is 296 g/mol. The largest absolute Gasteiger partial charge is 0.487 e. The molecule has 0 aliphatic heterocycles. The van der Waals surface area contributed by atoms with Gasteiger partial charge in [-0.1, -0.05) is 0 Å². The van der Waals surface area contributed by atoms with Crippen molar-refractivity contribution in [3.05, 3.63) is 45.9 Å². The average molecular weight is 296 g/mol. The van der Waals surface area contributed by atoms with E-state index in [0.29, 0.717) is 6.04 Å². The Hall–Kier alpha value is -1.53. The van der Waals surface area contributed by atoms with Crippen molar-refractivity contribution in [3.8, 4) is 5.75 Å². The van der Waals surface area contributed by atoms with Crippen LogP contribution < -0.4 is 10.1 Å². The molecule has 3 nitrogen and oxygen atoms in total. The summed E-state index contributed by atoms with van der Waals surface area (Å²) in [6.45, 7) is 0.979. The molecular weight excluding hydrogens is 282 g/mol. The molecule has 0 spiro atoms. The van der Waals surface area contributed by atoms with E-state index in [4.69, 9.17) is 4.74 Å². The third-order valence-corrected chi connectivity index (χ3v) is 3.84. The van der Waals surface area contributed by atoms with Gasteiger partial charge in [0.15, 0.2) is 0 Å². The second kappa shape index (κ2) is 5.85. The number of hydrogen-bond donors (Lipinski definition) is 1. The number of thiazole rings is 1. The first kappa shape index (κ1) is 13.5. The maximum atomic E-state index is 13.0. The van der Waals surface area contributed by atoms with Gasteiger partial charge in [-0.3, -0.25) is 0 Å². The molecule has 106 valence electrons. The van der Waals surface area contributed by atoms with Gasteiger partial charge in [-0.15, -0.1) is 11.3 Å². The van der Waals surface area contributed by atoms with Gasteiger partial charge in [0, 0.05) is 36.2 Å². The first-order chi connectivity index (χ1) is 9.69. The standard InChI is InChI=1S/C14H14F2N2OS/c15-9-3-10(16)5-13(4-9)19-7-12-8-20-14(18-12)6-17-11-1-2-11/h3-5,8,11,17H,1-2,6-7H2. The van der Waals surface area contributed by atoms with E-state index in [1.807, 2.05) is 5.38 Å². The lowest BCUT2D eigenvalue weighted by molar-refractivity contribution is 0.298. The number of rotatable bonds is 6. The van der Waals surface area contributed by atoms with Gasteiger partial charge in [0.05, 0.1) is 5.69 Å². The van der Waals surface area contributed by atoms with E-state index >= 15 is 0 Å². The molecule has 0 saturated heterocycles. The smallest absolute Gasteiger partial charge is 0.131 e. The molecular formula is C14H14F2N2OS. The van der Waals surface area contributed by atoms with Crippen LogP contribution in [0.4, 0.5) is 8.78 Å². The van der Waals surface area contributed by atoms with Crippen molar-refractivity contribution in [1.82, 2.24) is 10.3 Å². The first-order valence-electron chi connectivity index (χ1n) is 6.44. The summed E-state index contributed by atoms with van der Waals surface area (Å²) in [5.41, 5.74) is 0.771. The highest BCUT2D eigenvalue weighted by Gasteiger charge is 2.20. The molecule has 1 heterocycles. The van der Waals surface area contributed by atoms with Crippen molar-refractivity contribution in [2.45, 2.75) is 32.0 Å². The molecule has 1 aromatic heterocycles. The zero-order valence-electron chi connectivity index (χ0n) is 10.7. The van der Waals surface area contributed by atoms with E-state index in [1.54, 1.807) is 11.3 Å². The highest BCUT2D eigenvalue weighted by atomic mass is 32.1. The minimum absolute atomic E-state index is 0.174. The molecule has 1 aromatic carbocycles. The van der Waals surface area contributed by atoms with Gasteiger partial charge in [0.1, 0.15) is 29.0 Å². The highest BCUT2D eigenvalue weighted by Crippen LogP contribution is 2.21. The fourth-order valence-electron chi connectivity index (χ4n) is 1.78. The summed E-state index contributed by atoms with van der Waals surface area (Å²) in [6, 6.07) is 3.78. The summed E-state index contributed by atoms with van der Waals surface area (Å²) in [5, 5.41) is 6.29. The fraction of sp³-hybridized carbons (Fsp3) is 0.357. The quantitative estimate of drug-likeness (QED) is 0.888. The van der Waals surface area contributed by atoms with Crippen LogP contribution in [-0.2, 0) is 13.2 Å². The van der Waals surface area contributed by atoms with Gasteiger partial charge in [-0.05, 0) is 12.8 Å². The molecule has 20 heavy (non-hydrogen) atoms. The molecule has 1 N–H and O–H groups in total. The van der Waals surface area contributed by atoms with Crippen LogP contribution in [0.5, 0.6) is 5.75 Å². The van der Waals surface area contributed by atoms with Gasteiger partial charge in [-0.2, -0.15) is 0 Å². The number of halogens is 2. The molecule has 0 bridgehead atoms. The number of nitrogens with zero attached hydrogens (tertiary/aromatic N) is 1. The number of ether oxygens (including phenoxy) is 1. The van der Waals surface area contributed by atoms with Crippen molar-refractivity contribution in [3.63, 3.8) is 0 Å². The number of hydrogen-bond acceptors (Lipinski definition) is 4. The van der Waals surface area contributed by atoms with E-state index in [0.717, 1.165) is 35.4 Å². The van der Waals surface area contributed by atoms with Crippen molar-refractivity contribution < 1.29 is 13.5 Å².